The van der Waals surface area contributed by atoms with Crippen molar-refractivity contribution in [2.75, 3.05) is 25.2 Å². The quantitative estimate of drug-likeness (QED) is 0.797. The third kappa shape index (κ3) is 3.28. The second-order valence-corrected chi connectivity index (χ2v) is 5.44. The summed E-state index contributed by atoms with van der Waals surface area (Å²) in [6, 6.07) is 15.2. The molecule has 0 N–H and O–H groups in total. The molecule has 0 spiro atoms. The van der Waals surface area contributed by atoms with Crippen LogP contribution in [-0.4, -0.2) is 32.3 Å². The van der Waals surface area contributed by atoms with E-state index in [2.05, 4.69) is 0 Å². The van der Waals surface area contributed by atoms with E-state index in [4.69, 9.17) is 9.47 Å². The molecule has 4 nitrogen and oxygen atoms in total. The van der Waals surface area contributed by atoms with E-state index in [1.54, 1.807) is 11.9 Å². The molecule has 3 rings (SSSR count). The van der Waals surface area contributed by atoms with Crippen LogP contribution in [0.4, 0.5) is 5.69 Å². The molecule has 1 amide bonds. The normalized spacial score (nSPS) is 16.2. The molecule has 0 aromatic heterocycles. The van der Waals surface area contributed by atoms with Gasteiger partial charge in [0.15, 0.2) is 0 Å². The molecule has 2 aromatic carbocycles. The number of benzene rings is 2. The van der Waals surface area contributed by atoms with Crippen LogP contribution in [0, 0.1) is 6.92 Å². The van der Waals surface area contributed by atoms with Gasteiger partial charge < -0.3 is 14.4 Å². The zero-order valence-electron chi connectivity index (χ0n) is 12.8. The van der Waals surface area contributed by atoms with Crippen LogP contribution in [-0.2, 0) is 4.74 Å². The average molecular weight is 297 g/mol. The monoisotopic (exact) mass is 297 g/mol. The summed E-state index contributed by atoms with van der Waals surface area (Å²) in [5.41, 5.74) is 2.46. The Kier molecular flexibility index (Phi) is 4.11. The highest BCUT2D eigenvalue weighted by Crippen LogP contribution is 2.22. The van der Waals surface area contributed by atoms with Crippen LogP contribution in [0.3, 0.4) is 0 Å². The van der Waals surface area contributed by atoms with Crippen LogP contribution in [0.5, 0.6) is 5.75 Å². The van der Waals surface area contributed by atoms with Gasteiger partial charge in [0.05, 0.1) is 6.61 Å². The van der Waals surface area contributed by atoms with E-state index in [1.165, 1.54) is 0 Å². The van der Waals surface area contributed by atoms with E-state index in [0.29, 0.717) is 12.2 Å². The van der Waals surface area contributed by atoms with Crippen molar-refractivity contribution in [1.82, 2.24) is 0 Å². The number of amides is 1. The number of hydrogen-bond acceptors (Lipinski definition) is 3. The number of carbonyl (C=O) groups is 1. The maximum Gasteiger partial charge on any atom is 0.258 e. The van der Waals surface area contributed by atoms with Gasteiger partial charge in [-0.25, -0.2) is 0 Å². The molecule has 0 saturated carbocycles. The lowest BCUT2D eigenvalue weighted by atomic mass is 10.1. The molecule has 114 valence electrons. The van der Waals surface area contributed by atoms with Gasteiger partial charge in [-0.1, -0.05) is 18.2 Å². The van der Waals surface area contributed by atoms with Crippen LogP contribution < -0.4 is 9.64 Å². The first-order chi connectivity index (χ1) is 10.6. The van der Waals surface area contributed by atoms with Gasteiger partial charge in [-0.05, 0) is 42.8 Å². The predicted molar refractivity (Wildman–Crippen MR) is 85.6 cm³/mol. The summed E-state index contributed by atoms with van der Waals surface area (Å²) >= 11 is 0. The molecule has 1 aliphatic rings. The average Bonchev–Trinajstić information content (AvgIpc) is 3.37. The fourth-order valence-corrected chi connectivity index (χ4v) is 2.27. The zero-order valence-corrected chi connectivity index (χ0v) is 12.8. The number of anilines is 1. The van der Waals surface area contributed by atoms with E-state index in [9.17, 15) is 4.79 Å². The van der Waals surface area contributed by atoms with Gasteiger partial charge in [-0.3, -0.25) is 4.79 Å². The van der Waals surface area contributed by atoms with E-state index >= 15 is 0 Å². The Morgan fingerprint density at radius 1 is 1.27 bits per heavy atom. The Morgan fingerprint density at radius 2 is 2.00 bits per heavy atom. The van der Waals surface area contributed by atoms with Crippen LogP contribution >= 0.6 is 0 Å². The molecule has 1 aliphatic heterocycles. The van der Waals surface area contributed by atoms with Gasteiger partial charge >= 0.3 is 0 Å². The number of aryl methyl sites for hydroxylation is 1. The number of rotatable bonds is 5. The van der Waals surface area contributed by atoms with E-state index in [-0.39, 0.29) is 12.0 Å². The highest BCUT2D eigenvalue weighted by Gasteiger charge is 2.23. The summed E-state index contributed by atoms with van der Waals surface area (Å²) in [5, 5.41) is 0. The third-order valence-electron chi connectivity index (χ3n) is 3.71. The topological polar surface area (TPSA) is 42.1 Å². The molecule has 0 aliphatic carbocycles. The Labute approximate surface area is 130 Å². The van der Waals surface area contributed by atoms with Crippen LogP contribution in [0.1, 0.15) is 15.9 Å². The summed E-state index contributed by atoms with van der Waals surface area (Å²) < 4.78 is 10.8. The van der Waals surface area contributed by atoms with Crippen molar-refractivity contribution < 1.29 is 14.3 Å². The summed E-state index contributed by atoms with van der Waals surface area (Å²) in [4.78, 5) is 14.3. The fourth-order valence-electron chi connectivity index (χ4n) is 2.27. The first-order valence-corrected chi connectivity index (χ1v) is 7.33. The van der Waals surface area contributed by atoms with Gasteiger partial charge in [0.25, 0.3) is 5.91 Å². The van der Waals surface area contributed by atoms with Crippen molar-refractivity contribution in [2.24, 2.45) is 0 Å². The second kappa shape index (κ2) is 6.20. The van der Waals surface area contributed by atoms with Gasteiger partial charge in [-0.2, -0.15) is 0 Å². The van der Waals surface area contributed by atoms with Crippen molar-refractivity contribution in [1.29, 1.82) is 0 Å². The first-order valence-electron chi connectivity index (χ1n) is 7.33. The Balaban J connectivity index is 1.74. The molecule has 1 atom stereocenters. The number of epoxide rings is 1. The lowest BCUT2D eigenvalue weighted by Gasteiger charge is -2.19. The van der Waals surface area contributed by atoms with Crippen LogP contribution in [0.15, 0.2) is 48.5 Å². The van der Waals surface area contributed by atoms with Crippen LogP contribution in [0.2, 0.25) is 0 Å². The molecule has 1 fully saturated rings. The van der Waals surface area contributed by atoms with E-state index < -0.39 is 0 Å². The highest BCUT2D eigenvalue weighted by molar-refractivity contribution is 6.06. The van der Waals surface area contributed by atoms with Gasteiger partial charge in [-0.15, -0.1) is 0 Å². The van der Waals surface area contributed by atoms with Crippen molar-refractivity contribution in [3.8, 4) is 5.75 Å². The summed E-state index contributed by atoms with van der Waals surface area (Å²) in [6.07, 6.45) is 0.228. The van der Waals surface area contributed by atoms with Crippen molar-refractivity contribution in [2.45, 2.75) is 13.0 Å². The number of ether oxygens (including phenoxy) is 2. The number of carbonyl (C=O) groups excluding carboxylic acids is 1. The molecule has 0 radical (unpaired) electrons. The number of hydrogen-bond donors (Lipinski definition) is 0. The minimum atomic E-state index is -0.0271. The predicted octanol–water partition coefficient (Wildman–Crippen LogP) is 3.05. The standard InChI is InChI=1S/C18H19NO3/c1-13-10-15(21-11-16-12-22-16)8-9-17(13)18(20)19(2)14-6-4-3-5-7-14/h3-10,16H,11-12H2,1-2H3. The Bertz CT molecular complexity index is 665. The Morgan fingerprint density at radius 3 is 2.64 bits per heavy atom. The SMILES string of the molecule is Cc1cc(OCC2CO2)ccc1C(=O)N(C)c1ccccc1. The van der Waals surface area contributed by atoms with Gasteiger partial charge in [0.2, 0.25) is 0 Å². The highest BCUT2D eigenvalue weighted by atomic mass is 16.6. The summed E-state index contributed by atoms with van der Waals surface area (Å²) in [6.45, 7) is 3.26. The molecular formula is C18H19NO3. The molecule has 4 heteroatoms. The number of nitrogens with zero attached hydrogens (tertiary/aromatic N) is 1. The van der Waals surface area contributed by atoms with Crippen molar-refractivity contribution >= 4 is 11.6 Å². The fraction of sp³-hybridized carbons (Fsp3) is 0.278. The molecular weight excluding hydrogens is 278 g/mol. The maximum atomic E-state index is 12.6. The molecule has 1 saturated heterocycles. The molecule has 0 bridgehead atoms. The first kappa shape index (κ1) is 14.6. The summed E-state index contributed by atoms with van der Waals surface area (Å²) in [7, 11) is 1.78. The molecule has 1 unspecified atom stereocenters. The van der Waals surface area contributed by atoms with E-state index in [0.717, 1.165) is 23.6 Å². The molecule has 1 heterocycles. The van der Waals surface area contributed by atoms with E-state index in [1.807, 2.05) is 55.5 Å². The third-order valence-corrected chi connectivity index (χ3v) is 3.71. The van der Waals surface area contributed by atoms with Crippen molar-refractivity contribution in [3.63, 3.8) is 0 Å². The van der Waals surface area contributed by atoms with Gasteiger partial charge in [0.1, 0.15) is 18.5 Å². The summed E-state index contributed by atoms with van der Waals surface area (Å²) in [5.74, 6) is 0.743. The lowest BCUT2D eigenvalue weighted by molar-refractivity contribution is 0.0992. The smallest absolute Gasteiger partial charge is 0.258 e. The van der Waals surface area contributed by atoms with Crippen LogP contribution in [0.25, 0.3) is 0 Å². The lowest BCUT2D eigenvalue weighted by Crippen LogP contribution is -2.26. The molecule has 22 heavy (non-hydrogen) atoms. The minimum absolute atomic E-state index is 0.0271. The second-order valence-electron chi connectivity index (χ2n) is 5.44. The zero-order chi connectivity index (χ0) is 15.5. The number of para-hydroxylation sites is 1. The minimum Gasteiger partial charge on any atom is -0.491 e. The maximum absolute atomic E-state index is 12.6. The molecule has 2 aromatic rings. The Hall–Kier alpha value is -2.33. The van der Waals surface area contributed by atoms with Crippen molar-refractivity contribution in [3.05, 3.63) is 59.7 Å². The largest absolute Gasteiger partial charge is 0.491 e. The van der Waals surface area contributed by atoms with Gasteiger partial charge in [0, 0.05) is 18.3 Å².